The molecule has 16 rings (SSSR count). The molecule has 348 valence electrons. The van der Waals surface area contributed by atoms with E-state index in [0.29, 0.717) is 17.5 Å². The Balaban J connectivity index is 0.976. The van der Waals surface area contributed by atoms with Crippen molar-refractivity contribution in [3.63, 3.8) is 0 Å². The van der Waals surface area contributed by atoms with Crippen molar-refractivity contribution in [2.24, 2.45) is 0 Å². The Morgan fingerprint density at radius 3 is 1.33 bits per heavy atom. The lowest BCUT2D eigenvalue weighted by Crippen LogP contribution is -2.26. The molecule has 0 N–H and O–H groups in total. The Hall–Kier alpha value is -9.97. The summed E-state index contributed by atoms with van der Waals surface area (Å²) < 4.78 is 4.91. The van der Waals surface area contributed by atoms with E-state index in [-0.39, 0.29) is 0 Å². The summed E-state index contributed by atoms with van der Waals surface area (Å²) in [7, 11) is 0. The second kappa shape index (κ2) is 16.0. The van der Waals surface area contributed by atoms with Gasteiger partial charge in [-0.25, -0.2) is 15.0 Å². The normalized spacial score (nSPS) is 12.9. The number of para-hydroxylation sites is 2. The van der Waals surface area contributed by atoms with Gasteiger partial charge in [-0.1, -0.05) is 206 Å². The lowest BCUT2D eigenvalue weighted by molar-refractivity contribution is 0.797. The van der Waals surface area contributed by atoms with Crippen LogP contribution in [-0.4, -0.2) is 24.1 Å². The SMILES string of the molecule is c1ccc(-c2nc(-c3ccccc3)nc(-c3cccc(-n4c5ccc(-c6ccc7c(c6)c6ccccc6n7-c6ccccc6)cc5c5ccc6c(c54)C4(c5ccccc5-c5ccccc54)c4ccccc4-6)c3)n2)cc1. The molecule has 0 aliphatic heterocycles. The maximum Gasteiger partial charge on any atom is 0.164 e. The van der Waals surface area contributed by atoms with E-state index < -0.39 is 5.41 Å². The first-order valence-corrected chi connectivity index (χ1v) is 25.7. The zero-order valence-electron chi connectivity index (χ0n) is 40.6. The standard InChI is InChI=1S/C70H43N5/c1-4-19-44(20-5-1)67-71-68(45-21-6-2-7-22-45)73-69(72-67)48-23-18-26-50(41-48)75-64-40-36-47(46-35-39-63-57(42-46)54-30-13-17-34-62(54)74(63)49-24-8-3-9-25-49)43-58(64)56-38-37-55-53-29-12-16-33-61(53)70(65(55)66(56)75)59-31-14-10-27-51(59)52-28-11-15-32-60(52)70/h1-43H. The highest BCUT2D eigenvalue weighted by atomic mass is 15.0. The lowest BCUT2D eigenvalue weighted by Gasteiger charge is -2.31. The second-order valence-electron chi connectivity index (χ2n) is 19.8. The quantitative estimate of drug-likeness (QED) is 0.167. The van der Waals surface area contributed by atoms with Crippen molar-refractivity contribution in [2.45, 2.75) is 5.41 Å². The van der Waals surface area contributed by atoms with Gasteiger partial charge in [0.2, 0.25) is 0 Å². The van der Waals surface area contributed by atoms with Crippen LogP contribution in [0.25, 0.3) is 123 Å². The number of nitrogens with zero attached hydrogens (tertiary/aromatic N) is 5. The number of rotatable bonds is 6. The molecule has 0 fully saturated rings. The monoisotopic (exact) mass is 953 g/mol. The molecule has 3 aromatic heterocycles. The zero-order valence-corrected chi connectivity index (χ0v) is 40.6. The molecule has 0 bridgehead atoms. The molecule has 1 spiro atoms. The van der Waals surface area contributed by atoms with Gasteiger partial charge in [-0.05, 0) is 105 Å². The highest BCUT2D eigenvalue weighted by molar-refractivity contribution is 6.16. The van der Waals surface area contributed by atoms with Crippen LogP contribution >= 0.6 is 0 Å². The number of hydrogen-bond donors (Lipinski definition) is 0. The zero-order chi connectivity index (χ0) is 49.2. The average molecular weight is 954 g/mol. The van der Waals surface area contributed by atoms with Gasteiger partial charge in [0.1, 0.15) is 0 Å². The van der Waals surface area contributed by atoms with Crippen LogP contribution in [0.3, 0.4) is 0 Å². The number of fused-ring (bicyclic) bond motifs is 17. The third-order valence-electron chi connectivity index (χ3n) is 16.0. The minimum Gasteiger partial charge on any atom is -0.309 e. The van der Waals surface area contributed by atoms with Crippen molar-refractivity contribution in [2.75, 3.05) is 0 Å². The molecule has 14 aromatic rings. The Labute approximate surface area is 433 Å². The van der Waals surface area contributed by atoms with Gasteiger partial charge in [0, 0.05) is 55.2 Å². The fraction of sp³-hybridized carbons (Fsp3) is 0.0143. The first-order valence-electron chi connectivity index (χ1n) is 25.7. The highest BCUT2D eigenvalue weighted by Crippen LogP contribution is 2.64. The third-order valence-corrected chi connectivity index (χ3v) is 16.0. The van der Waals surface area contributed by atoms with Gasteiger partial charge >= 0.3 is 0 Å². The van der Waals surface area contributed by atoms with Gasteiger partial charge in [0.05, 0.1) is 27.5 Å². The van der Waals surface area contributed by atoms with E-state index in [9.17, 15) is 0 Å². The van der Waals surface area contributed by atoms with Gasteiger partial charge < -0.3 is 9.13 Å². The summed E-state index contributed by atoms with van der Waals surface area (Å²) in [6.45, 7) is 0. The maximum atomic E-state index is 5.21. The molecule has 5 heteroatoms. The van der Waals surface area contributed by atoms with Gasteiger partial charge in [-0.3, -0.25) is 0 Å². The molecule has 0 radical (unpaired) electrons. The average Bonchev–Trinajstić information content (AvgIpc) is 4.32. The predicted octanol–water partition coefficient (Wildman–Crippen LogP) is 17.1. The Morgan fingerprint density at radius 2 is 0.720 bits per heavy atom. The van der Waals surface area contributed by atoms with Crippen LogP contribution in [-0.2, 0) is 5.41 Å². The summed E-state index contributed by atoms with van der Waals surface area (Å²) in [5, 5.41) is 4.85. The van der Waals surface area contributed by atoms with Crippen LogP contribution in [0, 0.1) is 0 Å². The van der Waals surface area contributed by atoms with E-state index in [1.807, 2.05) is 36.4 Å². The van der Waals surface area contributed by atoms with Gasteiger partial charge in [-0.15, -0.1) is 0 Å². The smallest absolute Gasteiger partial charge is 0.164 e. The highest BCUT2D eigenvalue weighted by Gasteiger charge is 2.53. The number of aromatic nitrogens is 5. The molecule has 0 atom stereocenters. The fourth-order valence-corrected chi connectivity index (χ4v) is 12.9. The fourth-order valence-electron chi connectivity index (χ4n) is 12.9. The van der Waals surface area contributed by atoms with Crippen molar-refractivity contribution in [3.05, 3.63) is 283 Å². The summed E-state index contributed by atoms with van der Waals surface area (Å²) in [5.74, 6) is 1.88. The molecule has 2 aliphatic carbocycles. The molecule has 3 heterocycles. The van der Waals surface area contributed by atoms with Crippen molar-refractivity contribution in [3.8, 4) is 78.9 Å². The first kappa shape index (κ1) is 41.6. The topological polar surface area (TPSA) is 48.5 Å². The molecular weight excluding hydrogens is 911 g/mol. The van der Waals surface area contributed by atoms with Gasteiger partial charge in [0.25, 0.3) is 0 Å². The van der Waals surface area contributed by atoms with E-state index in [2.05, 4.69) is 234 Å². The van der Waals surface area contributed by atoms with Crippen LogP contribution in [0.5, 0.6) is 0 Å². The largest absolute Gasteiger partial charge is 0.309 e. The van der Waals surface area contributed by atoms with Crippen molar-refractivity contribution < 1.29 is 0 Å². The van der Waals surface area contributed by atoms with Crippen molar-refractivity contribution in [1.29, 1.82) is 0 Å². The molecule has 0 saturated heterocycles. The van der Waals surface area contributed by atoms with Crippen LogP contribution in [0.1, 0.15) is 22.3 Å². The first-order chi connectivity index (χ1) is 37.2. The minimum absolute atomic E-state index is 0.577. The van der Waals surface area contributed by atoms with Crippen LogP contribution in [0.4, 0.5) is 0 Å². The lowest BCUT2D eigenvalue weighted by atomic mass is 9.70. The molecular formula is C70H43N5. The van der Waals surface area contributed by atoms with E-state index in [4.69, 9.17) is 15.0 Å². The Bertz CT molecular complexity index is 4520. The van der Waals surface area contributed by atoms with Crippen LogP contribution in [0.15, 0.2) is 261 Å². The Kier molecular flexibility index (Phi) is 8.89. The van der Waals surface area contributed by atoms with Gasteiger partial charge in [0.15, 0.2) is 17.5 Å². The summed E-state index contributed by atoms with van der Waals surface area (Å²) in [5.41, 5.74) is 21.7. The van der Waals surface area contributed by atoms with Crippen LogP contribution < -0.4 is 0 Å². The molecule has 11 aromatic carbocycles. The van der Waals surface area contributed by atoms with Crippen molar-refractivity contribution in [1.82, 2.24) is 24.1 Å². The molecule has 5 nitrogen and oxygen atoms in total. The van der Waals surface area contributed by atoms with E-state index in [1.54, 1.807) is 0 Å². The van der Waals surface area contributed by atoms with E-state index in [0.717, 1.165) is 39.1 Å². The molecule has 2 aliphatic rings. The molecule has 0 saturated carbocycles. The second-order valence-corrected chi connectivity index (χ2v) is 19.8. The van der Waals surface area contributed by atoms with Crippen molar-refractivity contribution >= 4 is 43.6 Å². The summed E-state index contributed by atoms with van der Waals surface area (Å²) >= 11 is 0. The number of benzene rings is 11. The minimum atomic E-state index is -0.577. The maximum absolute atomic E-state index is 5.21. The summed E-state index contributed by atoms with van der Waals surface area (Å²) in [6, 6.07) is 94.8. The van der Waals surface area contributed by atoms with Gasteiger partial charge in [-0.2, -0.15) is 0 Å². The summed E-state index contributed by atoms with van der Waals surface area (Å²) in [6.07, 6.45) is 0. The van der Waals surface area contributed by atoms with Crippen LogP contribution in [0.2, 0.25) is 0 Å². The van der Waals surface area contributed by atoms with E-state index >= 15 is 0 Å². The third kappa shape index (κ3) is 5.98. The number of hydrogen-bond acceptors (Lipinski definition) is 3. The Morgan fingerprint density at radius 1 is 0.267 bits per heavy atom. The molecule has 75 heavy (non-hydrogen) atoms. The van der Waals surface area contributed by atoms with E-state index in [1.165, 1.54) is 88.2 Å². The molecule has 0 amide bonds. The summed E-state index contributed by atoms with van der Waals surface area (Å²) in [4.78, 5) is 15.5. The predicted molar refractivity (Wildman–Crippen MR) is 307 cm³/mol. The molecule has 0 unspecified atom stereocenters.